The molecule has 7 heteroatoms. The van der Waals surface area contributed by atoms with Gasteiger partial charge >= 0.3 is 10.5 Å². The molecule has 0 spiro atoms. The van der Waals surface area contributed by atoms with Crippen molar-refractivity contribution in [3.63, 3.8) is 0 Å². The highest BCUT2D eigenvalue weighted by molar-refractivity contribution is 7.61. The minimum Gasteiger partial charge on any atom is -0.369 e. The zero-order valence-electron chi connectivity index (χ0n) is 3.77. The molecule has 0 aliphatic heterocycles. The van der Waals surface area contributed by atoms with Crippen LogP contribution < -0.4 is 11.5 Å². The number of guanidine groups is 1. The molecule has 46 valence electrons. The Labute approximate surface area is 46.9 Å². The van der Waals surface area contributed by atoms with Crippen LogP contribution >= 0.6 is 0 Å². The van der Waals surface area contributed by atoms with Crippen molar-refractivity contribution >= 4 is 16.5 Å². The maximum Gasteiger partial charge on any atom is 0.334 e. The van der Waals surface area contributed by atoms with E-state index in [4.69, 9.17) is 11.5 Å². The van der Waals surface area contributed by atoms with E-state index in [-0.39, 0.29) is 5.96 Å². The molecular formula is CH4N4O2S. The van der Waals surface area contributed by atoms with Crippen molar-refractivity contribution in [2.75, 3.05) is 0 Å². The minimum atomic E-state index is -2.56. The summed E-state index contributed by atoms with van der Waals surface area (Å²) in [7, 11) is -2.56. The Morgan fingerprint density at radius 1 is 1.38 bits per heavy atom. The average molecular weight is 136 g/mol. The third-order valence-corrected chi connectivity index (χ3v) is 0.438. The first-order valence-electron chi connectivity index (χ1n) is 1.52. The van der Waals surface area contributed by atoms with Gasteiger partial charge in [-0.1, -0.05) is 5.10 Å². The van der Waals surface area contributed by atoms with Crippen LogP contribution in [0.5, 0.6) is 0 Å². The van der Waals surface area contributed by atoms with Crippen molar-refractivity contribution in [3.05, 3.63) is 0 Å². The highest BCUT2D eigenvalue weighted by atomic mass is 32.2. The standard InChI is InChI=1S/CH4N4O2S/c2-1(3)4-5-8(6)7/h(H4,2,3,4). The molecule has 0 saturated heterocycles. The fourth-order valence-corrected chi connectivity index (χ4v) is 0.241. The molecule has 0 aromatic heterocycles. The second kappa shape index (κ2) is 2.97. The molecule has 0 heterocycles. The Bertz CT molecular complexity index is 200. The summed E-state index contributed by atoms with van der Waals surface area (Å²) in [5.41, 5.74) is 9.40. The van der Waals surface area contributed by atoms with Crippen molar-refractivity contribution in [2.45, 2.75) is 0 Å². The Hall–Kier alpha value is -1.11. The zero-order chi connectivity index (χ0) is 6.57. The largest absolute Gasteiger partial charge is 0.369 e. The lowest BCUT2D eigenvalue weighted by molar-refractivity contribution is 0.620. The molecular weight excluding hydrogens is 132 g/mol. The fraction of sp³-hybridized carbons (Fsp3) is 0. The second-order valence-corrected chi connectivity index (χ2v) is 1.42. The van der Waals surface area contributed by atoms with Crippen molar-refractivity contribution in [1.29, 1.82) is 0 Å². The zero-order valence-corrected chi connectivity index (χ0v) is 4.59. The van der Waals surface area contributed by atoms with Gasteiger partial charge in [-0.3, -0.25) is 0 Å². The molecule has 0 aromatic rings. The molecule has 0 atom stereocenters. The number of nitrogens with zero attached hydrogens (tertiary/aromatic N) is 2. The van der Waals surface area contributed by atoms with E-state index in [2.05, 4.69) is 9.57 Å². The van der Waals surface area contributed by atoms with Gasteiger partial charge in [0.2, 0.25) is 5.96 Å². The lowest BCUT2D eigenvalue weighted by Gasteiger charge is -1.76. The summed E-state index contributed by atoms with van der Waals surface area (Å²) in [4.78, 5) is 0. The Balaban J connectivity index is 4.19. The summed E-state index contributed by atoms with van der Waals surface area (Å²) in [6.07, 6.45) is 0. The predicted octanol–water partition coefficient (Wildman–Crippen LogP) is -1.76. The van der Waals surface area contributed by atoms with Gasteiger partial charge in [0, 0.05) is 0 Å². The normalized spacial score (nSPS) is 7.50. The van der Waals surface area contributed by atoms with Crippen LogP contribution in [0, 0.1) is 0 Å². The molecule has 0 aliphatic carbocycles. The quantitative estimate of drug-likeness (QED) is 0.252. The number of hydrogen-bond acceptors (Lipinski definition) is 3. The second-order valence-electron chi connectivity index (χ2n) is 0.824. The molecule has 0 rings (SSSR count). The van der Waals surface area contributed by atoms with Crippen molar-refractivity contribution < 1.29 is 8.42 Å². The lowest BCUT2D eigenvalue weighted by atomic mass is 11.1. The van der Waals surface area contributed by atoms with Gasteiger partial charge in [0.05, 0.1) is 0 Å². The molecule has 0 amide bonds. The highest BCUT2D eigenvalue weighted by Gasteiger charge is 1.71. The predicted molar refractivity (Wildman–Crippen MR) is 27.2 cm³/mol. The maximum absolute atomic E-state index is 9.52. The summed E-state index contributed by atoms with van der Waals surface area (Å²) in [5.74, 6) is -0.380. The fourth-order valence-electron chi connectivity index (χ4n) is 0.0805. The Morgan fingerprint density at radius 3 is 2.00 bits per heavy atom. The third-order valence-electron chi connectivity index (χ3n) is 0.223. The van der Waals surface area contributed by atoms with Gasteiger partial charge in [-0.15, -0.1) is 0 Å². The van der Waals surface area contributed by atoms with Crippen molar-refractivity contribution in [2.24, 2.45) is 21.0 Å². The molecule has 0 bridgehead atoms. The highest BCUT2D eigenvalue weighted by Crippen LogP contribution is 1.63. The van der Waals surface area contributed by atoms with E-state index in [0.29, 0.717) is 0 Å². The monoisotopic (exact) mass is 136 g/mol. The van der Waals surface area contributed by atoms with Crippen LogP contribution in [0.15, 0.2) is 9.57 Å². The van der Waals surface area contributed by atoms with Gasteiger partial charge < -0.3 is 11.5 Å². The van der Waals surface area contributed by atoms with E-state index in [0.717, 1.165) is 0 Å². The molecule has 8 heavy (non-hydrogen) atoms. The van der Waals surface area contributed by atoms with Crippen LogP contribution in [-0.2, 0) is 10.5 Å². The smallest absolute Gasteiger partial charge is 0.334 e. The van der Waals surface area contributed by atoms with Crippen molar-refractivity contribution in [1.82, 2.24) is 0 Å². The van der Waals surface area contributed by atoms with Gasteiger partial charge in [-0.05, 0) is 4.47 Å². The van der Waals surface area contributed by atoms with Gasteiger partial charge in [-0.2, -0.15) is 8.42 Å². The number of rotatable bonds is 1. The summed E-state index contributed by atoms with van der Waals surface area (Å²) in [6.45, 7) is 0. The van der Waals surface area contributed by atoms with Crippen LogP contribution in [-0.4, -0.2) is 14.4 Å². The van der Waals surface area contributed by atoms with Crippen LogP contribution in [0.25, 0.3) is 0 Å². The van der Waals surface area contributed by atoms with Gasteiger partial charge in [0.15, 0.2) is 0 Å². The number of nitrogens with two attached hydrogens (primary N) is 2. The van der Waals surface area contributed by atoms with Crippen LogP contribution in [0.3, 0.4) is 0 Å². The Kier molecular flexibility index (Phi) is 2.56. The van der Waals surface area contributed by atoms with Crippen LogP contribution in [0.2, 0.25) is 0 Å². The van der Waals surface area contributed by atoms with Crippen LogP contribution in [0.4, 0.5) is 0 Å². The SMILES string of the molecule is NC(N)=NN=S(=O)=O. The first-order chi connectivity index (χ1) is 3.63. The molecule has 0 radical (unpaired) electrons. The molecule has 0 unspecified atom stereocenters. The van der Waals surface area contributed by atoms with E-state index in [1.165, 1.54) is 0 Å². The lowest BCUT2D eigenvalue weighted by Crippen LogP contribution is -2.21. The molecule has 0 aromatic carbocycles. The summed E-state index contributed by atoms with van der Waals surface area (Å²) >= 11 is 0. The van der Waals surface area contributed by atoms with Crippen LogP contribution in [0.1, 0.15) is 0 Å². The van der Waals surface area contributed by atoms with Gasteiger partial charge in [0.25, 0.3) is 0 Å². The first-order valence-corrected chi connectivity index (χ1v) is 2.55. The molecule has 0 saturated carbocycles. The molecule has 0 fully saturated rings. The topological polar surface area (TPSA) is 111 Å². The van der Waals surface area contributed by atoms with E-state index < -0.39 is 10.5 Å². The van der Waals surface area contributed by atoms with E-state index in [1.807, 2.05) is 0 Å². The minimum absolute atomic E-state index is 0.380. The third kappa shape index (κ3) is 4.89. The Morgan fingerprint density at radius 2 is 1.88 bits per heavy atom. The molecule has 4 N–H and O–H groups in total. The average Bonchev–Trinajstić information content (AvgIpc) is 1.61. The first kappa shape index (κ1) is 6.89. The molecule has 6 nitrogen and oxygen atoms in total. The van der Waals surface area contributed by atoms with Gasteiger partial charge in [0.1, 0.15) is 0 Å². The summed E-state index contributed by atoms with van der Waals surface area (Å²) in [6, 6.07) is 0. The summed E-state index contributed by atoms with van der Waals surface area (Å²) < 4.78 is 21.6. The van der Waals surface area contributed by atoms with E-state index >= 15 is 0 Å². The number of hydrogen-bond donors (Lipinski definition) is 2. The van der Waals surface area contributed by atoms with Gasteiger partial charge in [-0.25, -0.2) is 0 Å². The van der Waals surface area contributed by atoms with Crippen molar-refractivity contribution in [3.8, 4) is 0 Å². The maximum atomic E-state index is 9.52. The van der Waals surface area contributed by atoms with E-state index in [9.17, 15) is 8.42 Å². The summed E-state index contributed by atoms with van der Waals surface area (Å²) in [5, 5.41) is 2.81. The molecule has 0 aliphatic rings. The van der Waals surface area contributed by atoms with E-state index in [1.54, 1.807) is 0 Å².